The summed E-state index contributed by atoms with van der Waals surface area (Å²) in [6.07, 6.45) is 1.82. The van der Waals surface area contributed by atoms with Crippen LogP contribution in [0.1, 0.15) is 15.9 Å². The number of ketones is 1. The molecule has 0 unspecified atom stereocenters. The lowest BCUT2D eigenvalue weighted by Crippen LogP contribution is -2.38. The first-order chi connectivity index (χ1) is 14.7. The highest BCUT2D eigenvalue weighted by molar-refractivity contribution is 6.21. The Kier molecular flexibility index (Phi) is 5.07. The second kappa shape index (κ2) is 8.01. The maximum atomic E-state index is 14.9. The van der Waals surface area contributed by atoms with Gasteiger partial charge in [-0.2, -0.15) is 0 Å². The summed E-state index contributed by atoms with van der Waals surface area (Å²) in [6, 6.07) is 18.5. The molecule has 3 aromatic carbocycles. The van der Waals surface area contributed by atoms with E-state index < -0.39 is 0 Å². The van der Waals surface area contributed by atoms with Gasteiger partial charge in [-0.3, -0.25) is 9.69 Å². The third kappa shape index (κ3) is 3.40. The zero-order valence-corrected chi connectivity index (χ0v) is 16.7. The predicted molar refractivity (Wildman–Crippen MR) is 117 cm³/mol. The van der Waals surface area contributed by atoms with Crippen LogP contribution in [0.4, 0.5) is 4.39 Å². The number of nitrogens with zero attached hydrogens (tertiary/aromatic N) is 2. The Morgan fingerprint density at radius 1 is 0.900 bits per heavy atom. The first-order valence-corrected chi connectivity index (χ1v) is 10.3. The van der Waals surface area contributed by atoms with Crippen molar-refractivity contribution in [3.05, 3.63) is 83.8 Å². The molecule has 152 valence electrons. The van der Waals surface area contributed by atoms with Crippen LogP contribution in [0.5, 0.6) is 0 Å². The van der Waals surface area contributed by atoms with E-state index in [9.17, 15) is 9.18 Å². The van der Waals surface area contributed by atoms with Crippen LogP contribution < -0.4 is 0 Å². The van der Waals surface area contributed by atoms with Crippen molar-refractivity contribution in [3.63, 3.8) is 0 Å². The summed E-state index contributed by atoms with van der Waals surface area (Å²) < 4.78 is 22.3. The van der Waals surface area contributed by atoms with Gasteiger partial charge in [0.15, 0.2) is 5.78 Å². The van der Waals surface area contributed by atoms with Crippen molar-refractivity contribution < 1.29 is 13.9 Å². The second-order valence-corrected chi connectivity index (χ2v) is 7.68. The van der Waals surface area contributed by atoms with Crippen molar-refractivity contribution >= 4 is 27.5 Å². The van der Waals surface area contributed by atoms with E-state index in [2.05, 4.69) is 4.90 Å². The summed E-state index contributed by atoms with van der Waals surface area (Å²) in [5.41, 5.74) is 1.77. The van der Waals surface area contributed by atoms with Gasteiger partial charge in [-0.15, -0.1) is 0 Å². The largest absolute Gasteiger partial charge is 0.379 e. The third-order valence-electron chi connectivity index (χ3n) is 5.90. The summed E-state index contributed by atoms with van der Waals surface area (Å²) >= 11 is 0. The van der Waals surface area contributed by atoms with E-state index in [0.29, 0.717) is 23.1 Å². The summed E-state index contributed by atoms with van der Waals surface area (Å²) in [5.74, 6) is -0.506. The minimum atomic E-state index is -0.360. The van der Waals surface area contributed by atoms with Gasteiger partial charge in [0, 0.05) is 43.3 Å². The molecule has 2 heterocycles. The molecule has 0 aliphatic carbocycles. The van der Waals surface area contributed by atoms with Gasteiger partial charge in [0.05, 0.1) is 24.3 Å². The Morgan fingerprint density at radius 3 is 2.53 bits per heavy atom. The number of carbonyl (C=O) groups is 1. The quantitative estimate of drug-likeness (QED) is 0.461. The van der Waals surface area contributed by atoms with Gasteiger partial charge in [0.1, 0.15) is 5.82 Å². The molecule has 30 heavy (non-hydrogen) atoms. The van der Waals surface area contributed by atoms with Crippen molar-refractivity contribution in [1.82, 2.24) is 9.47 Å². The van der Waals surface area contributed by atoms with Crippen LogP contribution in [0.25, 0.3) is 21.7 Å². The molecule has 1 saturated heterocycles. The molecule has 1 aromatic heterocycles. The van der Waals surface area contributed by atoms with E-state index in [0.717, 1.165) is 49.1 Å². The Morgan fingerprint density at radius 2 is 1.67 bits per heavy atom. The average molecular weight is 402 g/mol. The summed E-state index contributed by atoms with van der Waals surface area (Å²) in [6.45, 7) is 4.82. The van der Waals surface area contributed by atoms with Gasteiger partial charge in [-0.05, 0) is 22.9 Å². The minimum absolute atomic E-state index is 0.146. The summed E-state index contributed by atoms with van der Waals surface area (Å²) in [7, 11) is 0. The predicted octanol–water partition coefficient (Wildman–Crippen LogP) is 4.50. The maximum Gasteiger partial charge on any atom is 0.195 e. The van der Waals surface area contributed by atoms with Gasteiger partial charge in [0.25, 0.3) is 0 Å². The zero-order chi connectivity index (χ0) is 20.5. The molecular weight excluding hydrogens is 379 g/mol. The highest BCUT2D eigenvalue weighted by atomic mass is 19.1. The molecule has 4 aromatic rings. The Balaban J connectivity index is 1.56. The number of fused-ring (bicyclic) bond motifs is 2. The van der Waals surface area contributed by atoms with Crippen LogP contribution in [-0.4, -0.2) is 48.1 Å². The van der Waals surface area contributed by atoms with Crippen molar-refractivity contribution in [2.24, 2.45) is 0 Å². The number of carbonyl (C=O) groups excluding carboxylic acids is 1. The molecule has 1 fully saturated rings. The first kappa shape index (κ1) is 19.0. The van der Waals surface area contributed by atoms with Crippen LogP contribution in [0.2, 0.25) is 0 Å². The van der Waals surface area contributed by atoms with E-state index in [1.54, 1.807) is 6.07 Å². The lowest BCUT2D eigenvalue weighted by Gasteiger charge is -2.26. The molecule has 0 atom stereocenters. The normalized spacial score (nSPS) is 15.1. The zero-order valence-electron chi connectivity index (χ0n) is 16.7. The molecule has 0 spiro atoms. The number of ether oxygens (including phenoxy) is 1. The van der Waals surface area contributed by atoms with Crippen LogP contribution >= 0.6 is 0 Å². The number of hydrogen-bond acceptors (Lipinski definition) is 3. The first-order valence-electron chi connectivity index (χ1n) is 10.3. The Bertz CT molecular complexity index is 1220. The molecule has 4 nitrogen and oxygen atoms in total. The van der Waals surface area contributed by atoms with Gasteiger partial charge in [0.2, 0.25) is 0 Å². The average Bonchev–Trinajstić information content (AvgIpc) is 3.17. The van der Waals surface area contributed by atoms with Crippen LogP contribution in [-0.2, 0) is 11.3 Å². The lowest BCUT2D eigenvalue weighted by atomic mass is 9.97. The number of halogens is 1. The highest BCUT2D eigenvalue weighted by Crippen LogP contribution is 2.29. The molecule has 0 N–H and O–H groups in total. The molecule has 5 heteroatoms. The van der Waals surface area contributed by atoms with Crippen molar-refractivity contribution in [1.29, 1.82) is 0 Å². The van der Waals surface area contributed by atoms with Crippen molar-refractivity contribution in [2.75, 3.05) is 32.8 Å². The summed E-state index contributed by atoms with van der Waals surface area (Å²) in [4.78, 5) is 15.9. The minimum Gasteiger partial charge on any atom is -0.379 e. The molecule has 1 aliphatic rings. The van der Waals surface area contributed by atoms with Crippen molar-refractivity contribution in [2.45, 2.75) is 6.54 Å². The van der Waals surface area contributed by atoms with Gasteiger partial charge in [-0.25, -0.2) is 4.39 Å². The number of morpholine rings is 1. The monoisotopic (exact) mass is 402 g/mol. The molecule has 0 amide bonds. The Hall–Kier alpha value is -3.02. The van der Waals surface area contributed by atoms with Gasteiger partial charge in [-0.1, -0.05) is 48.5 Å². The number of hydrogen-bond donors (Lipinski definition) is 0. The SMILES string of the molecule is O=C(c1cccc2ccccc12)c1cn(CCN2CCOCC2)c2cccc(F)c12. The van der Waals surface area contributed by atoms with Crippen molar-refractivity contribution in [3.8, 4) is 0 Å². The molecule has 1 aliphatic heterocycles. The fourth-order valence-electron chi connectivity index (χ4n) is 4.31. The number of aromatic nitrogens is 1. The smallest absolute Gasteiger partial charge is 0.195 e. The lowest BCUT2D eigenvalue weighted by molar-refractivity contribution is 0.0365. The van der Waals surface area contributed by atoms with E-state index >= 15 is 0 Å². The van der Waals surface area contributed by atoms with E-state index in [4.69, 9.17) is 4.74 Å². The molecule has 0 saturated carbocycles. The van der Waals surface area contributed by atoms with Gasteiger partial charge < -0.3 is 9.30 Å². The van der Waals surface area contributed by atoms with E-state index in [-0.39, 0.29) is 11.6 Å². The molecular formula is C25H23FN2O2. The molecule has 5 rings (SSSR count). The van der Waals surface area contributed by atoms with E-state index in [1.165, 1.54) is 6.07 Å². The highest BCUT2D eigenvalue weighted by Gasteiger charge is 2.21. The maximum absolute atomic E-state index is 14.9. The molecule has 0 radical (unpaired) electrons. The number of rotatable bonds is 5. The van der Waals surface area contributed by atoms with Crippen LogP contribution in [0.3, 0.4) is 0 Å². The fraction of sp³-hybridized carbons (Fsp3) is 0.240. The standard InChI is InChI=1S/C25H23FN2O2/c26-22-9-4-10-23-24(22)21(17-28(23)12-11-27-13-15-30-16-14-27)25(29)20-8-3-6-18-5-1-2-7-19(18)20/h1-10,17H,11-16H2. The van der Waals surface area contributed by atoms with E-state index in [1.807, 2.05) is 59.3 Å². The Labute approximate surface area is 174 Å². The number of benzene rings is 3. The third-order valence-corrected chi connectivity index (χ3v) is 5.90. The topological polar surface area (TPSA) is 34.5 Å². The van der Waals surface area contributed by atoms with Gasteiger partial charge >= 0.3 is 0 Å². The van der Waals surface area contributed by atoms with Crippen LogP contribution in [0, 0.1) is 5.82 Å². The molecule has 0 bridgehead atoms. The summed E-state index contributed by atoms with van der Waals surface area (Å²) in [5, 5.41) is 2.29. The second-order valence-electron chi connectivity index (χ2n) is 7.68. The fourth-order valence-corrected chi connectivity index (χ4v) is 4.31. The van der Waals surface area contributed by atoms with Crippen LogP contribution in [0.15, 0.2) is 66.9 Å².